The Hall–Kier alpha value is -1.61. The van der Waals surface area contributed by atoms with Gasteiger partial charge in [0.25, 0.3) is 0 Å². The zero-order valence-corrected chi connectivity index (χ0v) is 15.5. The number of aryl methyl sites for hydroxylation is 2. The van der Waals surface area contributed by atoms with E-state index in [1.807, 2.05) is 0 Å². The van der Waals surface area contributed by atoms with Gasteiger partial charge in [0, 0.05) is 34.3 Å². The third-order valence-corrected chi connectivity index (χ3v) is 11.7. The molecule has 1 aliphatic heterocycles. The number of aromatic nitrogens is 2. The summed E-state index contributed by atoms with van der Waals surface area (Å²) in [6, 6.07) is 12.8. The second kappa shape index (κ2) is 5.48. The Labute approximate surface area is 139 Å². The smallest absolute Gasteiger partial charge is 0.110 e. The van der Waals surface area contributed by atoms with Crippen LogP contribution in [0.1, 0.15) is 32.8 Å². The van der Waals surface area contributed by atoms with Crippen LogP contribution in [0, 0.1) is 0 Å². The summed E-state index contributed by atoms with van der Waals surface area (Å²) in [7, 11) is -1.44. The molecule has 2 nitrogen and oxygen atoms in total. The summed E-state index contributed by atoms with van der Waals surface area (Å²) in [5, 5.41) is 4.26. The van der Waals surface area contributed by atoms with E-state index in [4.69, 9.17) is 4.98 Å². The predicted molar refractivity (Wildman–Crippen MR) is 102 cm³/mol. The fourth-order valence-corrected chi connectivity index (χ4v) is 8.42. The second-order valence-electron chi connectivity index (χ2n) is 6.96. The average molecular weight is 323 g/mol. The van der Waals surface area contributed by atoms with Crippen molar-refractivity contribution in [1.82, 2.24) is 9.55 Å². The first kappa shape index (κ1) is 14.9. The standard InChI is InChI=1S/C20H26N2Si/c1-4-23(5-2,6-3)20-16-11-9-13-22-18-12-8-7-10-15(18)17(14-21-20)19(16)22/h7-8,10,12,14H,4-6,9,11,13H2,1-3H3. The van der Waals surface area contributed by atoms with Crippen molar-refractivity contribution in [3.63, 3.8) is 0 Å². The van der Waals surface area contributed by atoms with Gasteiger partial charge in [0.2, 0.25) is 0 Å². The SMILES string of the molecule is CC[Si](CC)(CC)c1ncc2c3ccccc3n3c2c1CCC3. The number of para-hydroxylation sites is 1. The molecule has 0 fully saturated rings. The van der Waals surface area contributed by atoms with Crippen LogP contribution in [-0.4, -0.2) is 17.6 Å². The van der Waals surface area contributed by atoms with Crippen molar-refractivity contribution in [2.75, 3.05) is 0 Å². The van der Waals surface area contributed by atoms with Crippen LogP contribution in [0.2, 0.25) is 18.1 Å². The quantitative estimate of drug-likeness (QED) is 0.628. The zero-order chi connectivity index (χ0) is 16.0. The predicted octanol–water partition coefficient (Wildman–Crippen LogP) is 4.85. The van der Waals surface area contributed by atoms with Crippen molar-refractivity contribution < 1.29 is 0 Å². The molecule has 3 heterocycles. The van der Waals surface area contributed by atoms with Gasteiger partial charge >= 0.3 is 0 Å². The Morgan fingerprint density at radius 3 is 2.52 bits per heavy atom. The van der Waals surface area contributed by atoms with Gasteiger partial charge in [-0.15, -0.1) is 0 Å². The summed E-state index contributed by atoms with van der Waals surface area (Å²) in [4.78, 5) is 5.11. The molecule has 120 valence electrons. The van der Waals surface area contributed by atoms with Crippen LogP contribution < -0.4 is 5.32 Å². The van der Waals surface area contributed by atoms with Gasteiger partial charge in [-0.1, -0.05) is 57.1 Å². The maximum atomic E-state index is 5.11. The highest BCUT2D eigenvalue weighted by Crippen LogP contribution is 2.35. The molecule has 0 bridgehead atoms. The van der Waals surface area contributed by atoms with E-state index in [1.54, 1.807) is 5.56 Å². The van der Waals surface area contributed by atoms with Crippen molar-refractivity contribution in [2.45, 2.75) is 58.3 Å². The molecule has 0 spiro atoms. The molecule has 0 unspecified atom stereocenters. The molecule has 0 amide bonds. The lowest BCUT2D eigenvalue weighted by Gasteiger charge is -2.31. The summed E-state index contributed by atoms with van der Waals surface area (Å²) in [5.41, 5.74) is 4.47. The first-order valence-corrected chi connectivity index (χ1v) is 11.8. The van der Waals surface area contributed by atoms with Crippen LogP contribution in [0.5, 0.6) is 0 Å². The summed E-state index contributed by atoms with van der Waals surface area (Å²) in [6.07, 6.45) is 4.65. The monoisotopic (exact) mass is 322 g/mol. The summed E-state index contributed by atoms with van der Waals surface area (Å²) >= 11 is 0. The molecule has 0 atom stereocenters. The first-order chi connectivity index (χ1) is 11.3. The van der Waals surface area contributed by atoms with E-state index >= 15 is 0 Å². The topological polar surface area (TPSA) is 17.8 Å². The lowest BCUT2D eigenvalue weighted by molar-refractivity contribution is 0.651. The van der Waals surface area contributed by atoms with Gasteiger partial charge in [-0.05, 0) is 24.5 Å². The molecule has 4 rings (SSSR count). The van der Waals surface area contributed by atoms with E-state index in [0.717, 1.165) is 6.54 Å². The average Bonchev–Trinajstić information content (AvgIpc) is 2.95. The van der Waals surface area contributed by atoms with Crippen molar-refractivity contribution >= 4 is 35.2 Å². The fraction of sp³-hybridized carbons (Fsp3) is 0.450. The minimum Gasteiger partial charge on any atom is -0.340 e. The molecule has 2 aromatic heterocycles. The lowest BCUT2D eigenvalue weighted by Crippen LogP contribution is -2.50. The largest absolute Gasteiger partial charge is 0.340 e. The molecule has 1 aliphatic rings. The molecule has 3 heteroatoms. The summed E-state index contributed by atoms with van der Waals surface area (Å²) in [6.45, 7) is 8.31. The highest BCUT2D eigenvalue weighted by atomic mass is 28.3. The van der Waals surface area contributed by atoms with Crippen LogP contribution in [0.4, 0.5) is 0 Å². The van der Waals surface area contributed by atoms with Crippen LogP contribution in [0.15, 0.2) is 30.5 Å². The van der Waals surface area contributed by atoms with E-state index in [2.05, 4.69) is 55.8 Å². The van der Waals surface area contributed by atoms with E-state index in [0.29, 0.717) is 0 Å². The molecule has 3 aromatic rings. The van der Waals surface area contributed by atoms with Gasteiger partial charge in [0.15, 0.2) is 0 Å². The van der Waals surface area contributed by atoms with Gasteiger partial charge in [-0.2, -0.15) is 0 Å². The molecular weight excluding hydrogens is 296 g/mol. The number of benzene rings is 1. The number of fused-ring (bicyclic) bond motifs is 3. The highest BCUT2D eigenvalue weighted by molar-refractivity contribution is 6.91. The van der Waals surface area contributed by atoms with Crippen molar-refractivity contribution in [2.24, 2.45) is 0 Å². The van der Waals surface area contributed by atoms with E-state index < -0.39 is 8.07 Å². The molecule has 0 radical (unpaired) electrons. The van der Waals surface area contributed by atoms with Crippen molar-refractivity contribution in [1.29, 1.82) is 0 Å². The summed E-state index contributed by atoms with van der Waals surface area (Å²) in [5.74, 6) is 0. The summed E-state index contributed by atoms with van der Waals surface area (Å²) < 4.78 is 2.56. The lowest BCUT2D eigenvalue weighted by atomic mass is 10.1. The van der Waals surface area contributed by atoms with Crippen LogP contribution in [-0.2, 0) is 13.0 Å². The Balaban J connectivity index is 2.11. The van der Waals surface area contributed by atoms with Crippen LogP contribution >= 0.6 is 0 Å². The molecule has 0 saturated carbocycles. The highest BCUT2D eigenvalue weighted by Gasteiger charge is 2.35. The van der Waals surface area contributed by atoms with Crippen LogP contribution in [0.3, 0.4) is 0 Å². The number of nitrogens with zero attached hydrogens (tertiary/aromatic N) is 2. The van der Waals surface area contributed by atoms with E-state index in [9.17, 15) is 0 Å². The molecule has 23 heavy (non-hydrogen) atoms. The number of hydrogen-bond acceptors (Lipinski definition) is 1. The van der Waals surface area contributed by atoms with Gasteiger partial charge in [0.05, 0.1) is 5.52 Å². The fourth-order valence-electron chi connectivity index (χ4n) is 4.70. The third-order valence-electron chi connectivity index (χ3n) is 6.25. The van der Waals surface area contributed by atoms with Crippen molar-refractivity contribution in [3.05, 3.63) is 36.0 Å². The Morgan fingerprint density at radius 2 is 1.78 bits per heavy atom. The Bertz CT molecular complexity index is 866. The van der Waals surface area contributed by atoms with Crippen LogP contribution in [0.25, 0.3) is 21.8 Å². The molecule has 0 N–H and O–H groups in total. The number of rotatable bonds is 4. The maximum absolute atomic E-state index is 5.11. The van der Waals surface area contributed by atoms with Crippen molar-refractivity contribution in [3.8, 4) is 0 Å². The minimum absolute atomic E-state index is 1.15. The zero-order valence-electron chi connectivity index (χ0n) is 14.5. The Kier molecular flexibility index (Phi) is 3.56. The molecule has 0 saturated heterocycles. The van der Waals surface area contributed by atoms with Gasteiger partial charge < -0.3 is 4.57 Å². The van der Waals surface area contributed by atoms with E-state index in [1.165, 1.54) is 58.1 Å². The normalized spacial score (nSPS) is 14.7. The minimum atomic E-state index is -1.44. The number of hydrogen-bond donors (Lipinski definition) is 0. The first-order valence-electron chi connectivity index (χ1n) is 9.15. The molecule has 0 aliphatic carbocycles. The Morgan fingerprint density at radius 1 is 1.04 bits per heavy atom. The third kappa shape index (κ3) is 1.95. The number of pyridine rings is 1. The van der Waals surface area contributed by atoms with E-state index in [-0.39, 0.29) is 0 Å². The van der Waals surface area contributed by atoms with Gasteiger partial charge in [-0.25, -0.2) is 0 Å². The van der Waals surface area contributed by atoms with Gasteiger partial charge in [0.1, 0.15) is 8.07 Å². The maximum Gasteiger partial charge on any atom is 0.110 e. The molecular formula is C20H26N2Si. The van der Waals surface area contributed by atoms with Gasteiger partial charge in [-0.3, -0.25) is 4.98 Å². The molecule has 1 aromatic carbocycles. The second-order valence-corrected chi connectivity index (χ2v) is 12.1.